The number of fused-ring (bicyclic) bond motifs is 1. The largest absolute Gasteiger partial charge is 0.481 e. The Morgan fingerprint density at radius 1 is 1.22 bits per heavy atom. The minimum absolute atomic E-state index is 0.0104. The molecule has 0 atom stereocenters. The van der Waals surface area contributed by atoms with Crippen LogP contribution in [0.4, 0.5) is 5.69 Å². The molecule has 1 heterocycles. The average Bonchev–Trinajstić information content (AvgIpc) is 2.83. The van der Waals surface area contributed by atoms with Gasteiger partial charge < -0.3 is 4.74 Å². The van der Waals surface area contributed by atoms with Crippen molar-refractivity contribution in [1.29, 1.82) is 0 Å². The molecule has 3 aromatic carbocycles. The third kappa shape index (κ3) is 5.63. The van der Waals surface area contributed by atoms with E-state index in [-0.39, 0.29) is 34.2 Å². The van der Waals surface area contributed by atoms with Crippen LogP contribution in [-0.2, 0) is 13.0 Å². The number of rotatable bonds is 8. The molecule has 4 aromatic rings. The van der Waals surface area contributed by atoms with Gasteiger partial charge in [-0.1, -0.05) is 64.3 Å². The number of aryl methyl sites for hydroxylation is 2. The summed E-state index contributed by atoms with van der Waals surface area (Å²) in [5, 5.41) is 16.7. The molecule has 4 rings (SSSR count). The van der Waals surface area contributed by atoms with Crippen LogP contribution in [0.25, 0.3) is 10.9 Å². The highest BCUT2D eigenvalue weighted by Crippen LogP contribution is 2.34. The third-order valence-corrected chi connectivity index (χ3v) is 6.10. The van der Waals surface area contributed by atoms with Gasteiger partial charge in [0.1, 0.15) is 12.4 Å². The Labute approximate surface area is 220 Å². The zero-order valence-corrected chi connectivity index (χ0v) is 21.9. The van der Waals surface area contributed by atoms with E-state index in [0.29, 0.717) is 23.1 Å². The Morgan fingerprint density at radius 3 is 2.75 bits per heavy atom. The minimum Gasteiger partial charge on any atom is -0.481 e. The molecule has 36 heavy (non-hydrogen) atoms. The first-order valence-corrected chi connectivity index (χ1v) is 12.4. The molecule has 10 heteroatoms. The van der Waals surface area contributed by atoms with Crippen molar-refractivity contribution >= 4 is 50.3 Å². The summed E-state index contributed by atoms with van der Waals surface area (Å²) in [6, 6.07) is 15.7. The molecule has 1 aromatic heterocycles. The van der Waals surface area contributed by atoms with Crippen molar-refractivity contribution in [2.24, 2.45) is 5.10 Å². The van der Waals surface area contributed by atoms with Gasteiger partial charge in [-0.05, 0) is 43.2 Å². The van der Waals surface area contributed by atoms with Gasteiger partial charge in [-0.25, -0.2) is 4.98 Å². The molecule has 0 saturated heterocycles. The maximum absolute atomic E-state index is 13.3. The van der Waals surface area contributed by atoms with Gasteiger partial charge in [0.15, 0.2) is 0 Å². The standard InChI is InChI=1S/C26H22BrClN4O4/c1-3-5-24-30-22-9-8-19(27)12-21(22)26(33)31(24)29-14-18-11-20(28)13-23(32(34)35)25(18)36-15-17-7-4-6-16(2)10-17/h4,6-14H,3,5,15H2,1-2H3. The maximum Gasteiger partial charge on any atom is 0.313 e. The normalized spacial score (nSPS) is 11.3. The van der Waals surface area contributed by atoms with E-state index in [0.717, 1.165) is 22.0 Å². The molecule has 0 fully saturated rings. The van der Waals surface area contributed by atoms with Crippen molar-refractivity contribution in [2.75, 3.05) is 0 Å². The Balaban J connectivity index is 1.81. The van der Waals surface area contributed by atoms with Gasteiger partial charge in [0.25, 0.3) is 5.56 Å². The van der Waals surface area contributed by atoms with Gasteiger partial charge in [-0.3, -0.25) is 14.9 Å². The molecule has 0 aliphatic carbocycles. The predicted molar refractivity (Wildman–Crippen MR) is 144 cm³/mol. The molecule has 0 radical (unpaired) electrons. The van der Waals surface area contributed by atoms with Crippen molar-refractivity contribution in [2.45, 2.75) is 33.3 Å². The summed E-state index contributed by atoms with van der Waals surface area (Å²) in [4.78, 5) is 29.1. The highest BCUT2D eigenvalue weighted by atomic mass is 79.9. The van der Waals surface area contributed by atoms with Crippen molar-refractivity contribution in [3.05, 3.63) is 107 Å². The second kappa shape index (κ2) is 11.0. The SMILES string of the molecule is CCCc1nc2ccc(Br)cc2c(=O)n1N=Cc1cc(Cl)cc([N+](=O)[O-])c1OCc1cccc(C)c1. The lowest BCUT2D eigenvalue weighted by Gasteiger charge is -2.12. The molecule has 0 aliphatic rings. The molecule has 0 N–H and O–H groups in total. The number of halogens is 2. The molecule has 8 nitrogen and oxygen atoms in total. The van der Waals surface area contributed by atoms with E-state index in [4.69, 9.17) is 16.3 Å². The summed E-state index contributed by atoms with van der Waals surface area (Å²) >= 11 is 9.57. The number of nitro benzene ring substituents is 1. The molecular weight excluding hydrogens is 548 g/mol. The fourth-order valence-electron chi connectivity index (χ4n) is 3.77. The summed E-state index contributed by atoms with van der Waals surface area (Å²) in [6.07, 6.45) is 2.61. The summed E-state index contributed by atoms with van der Waals surface area (Å²) in [6.45, 7) is 4.04. The second-order valence-electron chi connectivity index (χ2n) is 8.18. The third-order valence-electron chi connectivity index (χ3n) is 5.39. The zero-order valence-electron chi connectivity index (χ0n) is 19.6. The molecule has 184 valence electrons. The van der Waals surface area contributed by atoms with Gasteiger partial charge in [-0.2, -0.15) is 9.78 Å². The van der Waals surface area contributed by atoms with Gasteiger partial charge in [-0.15, -0.1) is 0 Å². The van der Waals surface area contributed by atoms with Gasteiger partial charge in [0, 0.05) is 27.5 Å². The fourth-order valence-corrected chi connectivity index (χ4v) is 4.35. The first-order chi connectivity index (χ1) is 17.3. The van der Waals surface area contributed by atoms with Crippen molar-refractivity contribution in [3.63, 3.8) is 0 Å². The molecule has 0 unspecified atom stereocenters. The van der Waals surface area contributed by atoms with E-state index in [1.807, 2.05) is 44.2 Å². The molecule has 0 aliphatic heterocycles. The summed E-state index contributed by atoms with van der Waals surface area (Å²) in [7, 11) is 0. The van der Waals surface area contributed by atoms with Gasteiger partial charge >= 0.3 is 5.69 Å². The first-order valence-electron chi connectivity index (χ1n) is 11.2. The molecule has 0 bridgehead atoms. The van der Waals surface area contributed by atoms with Crippen LogP contribution in [0.1, 0.15) is 35.9 Å². The monoisotopic (exact) mass is 568 g/mol. The van der Waals surface area contributed by atoms with E-state index in [9.17, 15) is 14.9 Å². The molecule has 0 amide bonds. The second-order valence-corrected chi connectivity index (χ2v) is 9.53. The van der Waals surface area contributed by atoms with Crippen LogP contribution in [0.5, 0.6) is 5.75 Å². The number of hydrogen-bond donors (Lipinski definition) is 0. The van der Waals surface area contributed by atoms with Crippen molar-refractivity contribution in [1.82, 2.24) is 9.66 Å². The number of benzene rings is 3. The number of ether oxygens (including phenoxy) is 1. The van der Waals surface area contributed by atoms with E-state index in [2.05, 4.69) is 26.0 Å². The van der Waals surface area contributed by atoms with E-state index in [1.165, 1.54) is 23.0 Å². The molecular formula is C26H22BrClN4O4. The topological polar surface area (TPSA) is 99.6 Å². The molecule has 0 spiro atoms. The zero-order chi connectivity index (χ0) is 25.8. The van der Waals surface area contributed by atoms with Crippen molar-refractivity contribution in [3.8, 4) is 5.75 Å². The lowest BCUT2D eigenvalue weighted by atomic mass is 10.1. The first kappa shape index (κ1) is 25.5. The number of nitro groups is 1. The van der Waals surface area contributed by atoms with Crippen LogP contribution in [0.3, 0.4) is 0 Å². The van der Waals surface area contributed by atoms with Crippen molar-refractivity contribution < 1.29 is 9.66 Å². The van der Waals surface area contributed by atoms with Crippen LogP contribution in [0.2, 0.25) is 5.02 Å². The fraction of sp³-hybridized carbons (Fsp3) is 0.192. The Morgan fingerprint density at radius 2 is 2.03 bits per heavy atom. The summed E-state index contributed by atoms with van der Waals surface area (Å²) in [5.41, 5.74) is 2.09. The Bertz CT molecular complexity index is 1550. The smallest absolute Gasteiger partial charge is 0.313 e. The van der Waals surface area contributed by atoms with Crippen LogP contribution in [0, 0.1) is 17.0 Å². The quantitative estimate of drug-likeness (QED) is 0.138. The highest BCUT2D eigenvalue weighted by molar-refractivity contribution is 9.10. The lowest BCUT2D eigenvalue weighted by molar-refractivity contribution is -0.385. The minimum atomic E-state index is -0.557. The summed E-state index contributed by atoms with van der Waals surface area (Å²) in [5.74, 6) is 0.489. The van der Waals surface area contributed by atoms with Gasteiger partial charge in [0.05, 0.1) is 22.0 Å². The number of hydrogen-bond acceptors (Lipinski definition) is 6. The predicted octanol–water partition coefficient (Wildman–Crippen LogP) is 6.44. The Hall–Kier alpha value is -3.56. The Kier molecular flexibility index (Phi) is 7.81. The maximum atomic E-state index is 13.3. The van der Waals surface area contributed by atoms with Crippen LogP contribution < -0.4 is 10.3 Å². The average molecular weight is 570 g/mol. The highest BCUT2D eigenvalue weighted by Gasteiger charge is 2.21. The summed E-state index contributed by atoms with van der Waals surface area (Å²) < 4.78 is 7.87. The lowest BCUT2D eigenvalue weighted by Crippen LogP contribution is -2.22. The molecule has 0 saturated carbocycles. The van der Waals surface area contributed by atoms with Crippen LogP contribution >= 0.6 is 27.5 Å². The number of aromatic nitrogens is 2. The number of nitrogens with zero attached hydrogens (tertiary/aromatic N) is 4. The van der Waals surface area contributed by atoms with E-state index in [1.54, 1.807) is 12.1 Å². The van der Waals surface area contributed by atoms with Gasteiger partial charge in [0.2, 0.25) is 5.75 Å². The van der Waals surface area contributed by atoms with E-state index >= 15 is 0 Å². The van der Waals surface area contributed by atoms with Crippen LogP contribution in [-0.4, -0.2) is 20.8 Å². The van der Waals surface area contributed by atoms with E-state index < -0.39 is 4.92 Å². The van der Waals surface area contributed by atoms with Crippen LogP contribution in [0.15, 0.2) is 69.0 Å².